The first kappa shape index (κ1) is 26.8. The van der Waals surface area contributed by atoms with E-state index in [-0.39, 0.29) is 18.2 Å². The van der Waals surface area contributed by atoms with Crippen LogP contribution in [0, 0.1) is 0 Å². The maximum Gasteiger partial charge on any atom is 0.407 e. The van der Waals surface area contributed by atoms with Crippen molar-refractivity contribution in [2.45, 2.75) is 46.1 Å². The summed E-state index contributed by atoms with van der Waals surface area (Å²) in [6, 6.07) is 15.1. The minimum atomic E-state index is -0.503. The number of amides is 1. The van der Waals surface area contributed by atoms with Crippen molar-refractivity contribution in [1.29, 1.82) is 0 Å². The van der Waals surface area contributed by atoms with Gasteiger partial charge in [0, 0.05) is 49.3 Å². The molecule has 8 nitrogen and oxygen atoms in total. The van der Waals surface area contributed by atoms with Crippen molar-refractivity contribution in [2.75, 3.05) is 31.7 Å². The van der Waals surface area contributed by atoms with Gasteiger partial charge in [0.15, 0.2) is 0 Å². The van der Waals surface area contributed by atoms with Crippen LogP contribution in [0.25, 0.3) is 11.0 Å². The molecule has 2 aromatic carbocycles. The van der Waals surface area contributed by atoms with Crippen LogP contribution in [0.1, 0.15) is 43.4 Å². The Morgan fingerprint density at radius 2 is 1.78 bits per heavy atom. The fraction of sp³-hybridized carbons (Fsp3) is 0.393. The zero-order chi connectivity index (χ0) is 25.9. The summed E-state index contributed by atoms with van der Waals surface area (Å²) in [4.78, 5) is 37.7. The highest BCUT2D eigenvalue weighted by atomic mass is 16.5. The maximum atomic E-state index is 12.1. The Bertz CT molecular complexity index is 1230. The van der Waals surface area contributed by atoms with E-state index in [4.69, 9.17) is 9.15 Å². The molecule has 36 heavy (non-hydrogen) atoms. The second kappa shape index (κ2) is 13.3. The predicted molar refractivity (Wildman–Crippen MR) is 139 cm³/mol. The van der Waals surface area contributed by atoms with Crippen LogP contribution in [-0.2, 0) is 33.7 Å². The van der Waals surface area contributed by atoms with Crippen molar-refractivity contribution in [1.82, 2.24) is 5.32 Å². The summed E-state index contributed by atoms with van der Waals surface area (Å²) in [7, 11) is 1.37. The number of ether oxygens (including phenoxy) is 2. The summed E-state index contributed by atoms with van der Waals surface area (Å²) in [6.07, 6.45) is 1.55. The predicted octanol–water partition coefficient (Wildman–Crippen LogP) is 4.60. The number of carbonyl (C=O) groups is 2. The van der Waals surface area contributed by atoms with Gasteiger partial charge in [0.1, 0.15) is 5.58 Å². The van der Waals surface area contributed by atoms with Crippen molar-refractivity contribution in [3.8, 4) is 0 Å². The lowest BCUT2D eigenvalue weighted by Crippen LogP contribution is -2.24. The normalized spacial score (nSPS) is 10.8. The number of methoxy groups -OCH3 is 1. The highest BCUT2D eigenvalue weighted by Crippen LogP contribution is 2.24. The van der Waals surface area contributed by atoms with Gasteiger partial charge in [-0.1, -0.05) is 24.3 Å². The number of carbonyl (C=O) groups excluding carboxylic acids is 2. The van der Waals surface area contributed by atoms with E-state index in [9.17, 15) is 14.4 Å². The van der Waals surface area contributed by atoms with E-state index in [2.05, 4.69) is 28.8 Å². The van der Waals surface area contributed by atoms with Crippen LogP contribution >= 0.6 is 0 Å². The van der Waals surface area contributed by atoms with E-state index in [1.165, 1.54) is 13.2 Å². The molecule has 0 aliphatic carbocycles. The van der Waals surface area contributed by atoms with Crippen LogP contribution in [0.2, 0.25) is 0 Å². The molecular formula is C28H34N2O6. The van der Waals surface area contributed by atoms with E-state index in [0.717, 1.165) is 40.9 Å². The van der Waals surface area contributed by atoms with Crippen LogP contribution < -0.4 is 15.8 Å². The summed E-state index contributed by atoms with van der Waals surface area (Å²) in [5.74, 6) is -0.254. The van der Waals surface area contributed by atoms with E-state index in [1.54, 1.807) is 0 Å². The second-order valence-corrected chi connectivity index (χ2v) is 8.43. The molecule has 0 radical (unpaired) electrons. The van der Waals surface area contributed by atoms with Gasteiger partial charge < -0.3 is 24.1 Å². The van der Waals surface area contributed by atoms with E-state index >= 15 is 0 Å². The van der Waals surface area contributed by atoms with E-state index < -0.39 is 6.09 Å². The molecule has 3 aromatic rings. The molecule has 1 amide bonds. The van der Waals surface area contributed by atoms with Crippen molar-refractivity contribution >= 4 is 28.7 Å². The average molecular weight is 495 g/mol. The zero-order valence-corrected chi connectivity index (χ0v) is 21.2. The average Bonchev–Trinajstić information content (AvgIpc) is 2.89. The molecule has 0 atom stereocenters. The molecule has 0 saturated heterocycles. The van der Waals surface area contributed by atoms with Crippen LogP contribution in [0.3, 0.4) is 0 Å². The molecule has 1 aromatic heterocycles. The monoisotopic (exact) mass is 494 g/mol. The van der Waals surface area contributed by atoms with Gasteiger partial charge in [-0.2, -0.15) is 0 Å². The van der Waals surface area contributed by atoms with Gasteiger partial charge in [0.25, 0.3) is 0 Å². The first-order valence-corrected chi connectivity index (χ1v) is 12.3. The molecule has 1 heterocycles. The van der Waals surface area contributed by atoms with Crippen molar-refractivity contribution in [3.05, 3.63) is 75.6 Å². The van der Waals surface area contributed by atoms with Crippen molar-refractivity contribution < 1.29 is 23.5 Å². The van der Waals surface area contributed by atoms with Gasteiger partial charge in [-0.3, -0.25) is 4.79 Å². The lowest BCUT2D eigenvalue weighted by atomic mass is 10.0. The number of aryl methyl sites for hydroxylation is 2. The quantitative estimate of drug-likeness (QED) is 0.223. The number of fused-ring (bicyclic) bond motifs is 1. The number of esters is 1. The van der Waals surface area contributed by atoms with Crippen molar-refractivity contribution in [3.63, 3.8) is 0 Å². The standard InChI is InChI=1S/C28H34N2O6/c1-4-30(5-2)23-12-13-24-22(17-27(32)36-25(24)18-23)10-7-15-35-28(33)29-19-21-9-6-8-20(16-21)11-14-26(31)34-3/h6,8-9,12-13,16-18H,4-5,7,10-11,14-15,19H2,1-3H3,(H,29,33). The minimum absolute atomic E-state index is 0.226. The van der Waals surface area contributed by atoms with Gasteiger partial charge in [-0.05, 0) is 61.9 Å². The largest absolute Gasteiger partial charge is 0.469 e. The number of hydrogen-bond acceptors (Lipinski definition) is 7. The van der Waals surface area contributed by atoms with Gasteiger partial charge in [-0.15, -0.1) is 0 Å². The van der Waals surface area contributed by atoms with Gasteiger partial charge >= 0.3 is 17.7 Å². The Kier molecular flexibility index (Phi) is 9.92. The first-order chi connectivity index (χ1) is 17.4. The summed E-state index contributed by atoms with van der Waals surface area (Å²) in [5.41, 5.74) is 3.98. The molecule has 0 aliphatic heterocycles. The highest BCUT2D eigenvalue weighted by Gasteiger charge is 2.10. The molecule has 0 spiro atoms. The molecule has 3 rings (SSSR count). The molecule has 192 valence electrons. The number of anilines is 1. The summed E-state index contributed by atoms with van der Waals surface area (Å²) < 4.78 is 15.4. The van der Waals surface area contributed by atoms with Gasteiger partial charge in [-0.25, -0.2) is 9.59 Å². The summed E-state index contributed by atoms with van der Waals surface area (Å²) >= 11 is 0. The van der Waals surface area contributed by atoms with Crippen LogP contribution in [-0.4, -0.2) is 38.9 Å². The number of nitrogens with one attached hydrogen (secondary N) is 1. The Morgan fingerprint density at radius 3 is 2.53 bits per heavy atom. The smallest absolute Gasteiger partial charge is 0.407 e. The zero-order valence-electron chi connectivity index (χ0n) is 21.2. The first-order valence-electron chi connectivity index (χ1n) is 12.3. The Labute approximate surface area is 211 Å². The lowest BCUT2D eigenvalue weighted by Gasteiger charge is -2.21. The summed E-state index contributed by atoms with van der Waals surface area (Å²) in [6.45, 7) is 6.45. The Morgan fingerprint density at radius 1 is 1.00 bits per heavy atom. The molecule has 1 N–H and O–H groups in total. The second-order valence-electron chi connectivity index (χ2n) is 8.43. The molecule has 0 aliphatic rings. The van der Waals surface area contributed by atoms with Crippen LogP contribution in [0.4, 0.5) is 10.5 Å². The number of rotatable bonds is 12. The highest BCUT2D eigenvalue weighted by molar-refractivity contribution is 5.83. The molecule has 0 saturated carbocycles. The SMILES string of the molecule is CCN(CC)c1ccc2c(CCCOC(=O)NCc3cccc(CCC(=O)OC)c3)cc(=O)oc2c1. The third-order valence-electron chi connectivity index (χ3n) is 6.04. The molecule has 0 fully saturated rings. The fourth-order valence-electron chi connectivity index (χ4n) is 4.11. The van der Waals surface area contributed by atoms with Crippen LogP contribution in [0.15, 0.2) is 57.7 Å². The van der Waals surface area contributed by atoms with E-state index in [0.29, 0.717) is 37.8 Å². The third kappa shape index (κ3) is 7.60. The van der Waals surface area contributed by atoms with Gasteiger partial charge in [0.2, 0.25) is 0 Å². The number of hydrogen-bond donors (Lipinski definition) is 1. The topological polar surface area (TPSA) is 98.1 Å². The number of benzene rings is 2. The molecule has 0 bridgehead atoms. The molecular weight excluding hydrogens is 460 g/mol. The van der Waals surface area contributed by atoms with Crippen LogP contribution in [0.5, 0.6) is 0 Å². The Hall–Kier alpha value is -3.81. The summed E-state index contributed by atoms with van der Waals surface area (Å²) in [5, 5.41) is 3.64. The number of nitrogens with zero attached hydrogens (tertiary/aromatic N) is 1. The Balaban J connectivity index is 1.49. The number of alkyl carbamates (subject to hydrolysis) is 1. The van der Waals surface area contributed by atoms with Crippen molar-refractivity contribution in [2.24, 2.45) is 0 Å². The third-order valence-corrected chi connectivity index (χ3v) is 6.04. The lowest BCUT2D eigenvalue weighted by molar-refractivity contribution is -0.140. The molecule has 0 unspecified atom stereocenters. The van der Waals surface area contributed by atoms with E-state index in [1.807, 2.05) is 42.5 Å². The maximum absolute atomic E-state index is 12.1. The minimum Gasteiger partial charge on any atom is -0.469 e. The fourth-order valence-corrected chi connectivity index (χ4v) is 4.11. The molecule has 8 heteroatoms. The van der Waals surface area contributed by atoms with Gasteiger partial charge in [0.05, 0.1) is 13.7 Å².